The molecule has 7 nitrogen and oxygen atoms in total. The molecule has 3 N–H and O–H groups in total. The lowest BCUT2D eigenvalue weighted by Gasteiger charge is -2.20. The van der Waals surface area contributed by atoms with E-state index in [0.29, 0.717) is 37.1 Å². The first kappa shape index (κ1) is 15.2. The van der Waals surface area contributed by atoms with E-state index in [0.717, 1.165) is 5.56 Å². The molecular formula is C14H19N3O4. The normalized spacial score (nSPS) is 15.0. The molecule has 0 aromatic heterocycles. The van der Waals surface area contributed by atoms with E-state index in [2.05, 4.69) is 10.6 Å². The van der Waals surface area contributed by atoms with Crippen LogP contribution in [0.2, 0.25) is 0 Å². The standard InChI is InChI=1S/C14H19N3O4/c1-9(3-2-6-18)15-12-8-11-10(4-5-14(19)16-11)7-13(12)17(20)21/h7-9,15,18H,2-6H2,1H3,(H,16,19). The molecule has 0 saturated heterocycles. The molecule has 0 radical (unpaired) electrons. The average molecular weight is 293 g/mol. The number of hydrogen-bond acceptors (Lipinski definition) is 5. The number of fused-ring (bicyclic) bond motifs is 1. The Labute approximate surface area is 122 Å². The zero-order chi connectivity index (χ0) is 15.4. The molecule has 0 aliphatic carbocycles. The number of aryl methyl sites for hydroxylation is 1. The second kappa shape index (κ2) is 6.53. The maximum absolute atomic E-state index is 11.4. The second-order valence-electron chi connectivity index (χ2n) is 5.24. The quantitative estimate of drug-likeness (QED) is 0.550. The minimum atomic E-state index is -0.419. The zero-order valence-electron chi connectivity index (χ0n) is 11.9. The van der Waals surface area contributed by atoms with Crippen molar-refractivity contribution in [1.82, 2.24) is 0 Å². The van der Waals surface area contributed by atoms with E-state index in [1.807, 2.05) is 6.92 Å². The van der Waals surface area contributed by atoms with Crippen LogP contribution in [0.5, 0.6) is 0 Å². The summed E-state index contributed by atoms with van der Waals surface area (Å²) in [5.74, 6) is -0.0735. The first-order valence-corrected chi connectivity index (χ1v) is 7.00. The molecule has 1 atom stereocenters. The predicted octanol–water partition coefficient (Wildman–Crippen LogP) is 2.05. The van der Waals surface area contributed by atoms with Gasteiger partial charge in [-0.3, -0.25) is 14.9 Å². The van der Waals surface area contributed by atoms with E-state index >= 15 is 0 Å². The summed E-state index contributed by atoms with van der Waals surface area (Å²) in [7, 11) is 0. The van der Waals surface area contributed by atoms with Gasteiger partial charge in [-0.15, -0.1) is 0 Å². The van der Waals surface area contributed by atoms with Gasteiger partial charge in [0.25, 0.3) is 5.69 Å². The number of benzene rings is 1. The van der Waals surface area contributed by atoms with Crippen LogP contribution < -0.4 is 10.6 Å². The van der Waals surface area contributed by atoms with Gasteiger partial charge in [0.1, 0.15) is 5.69 Å². The van der Waals surface area contributed by atoms with Gasteiger partial charge in [0.05, 0.1) is 4.92 Å². The lowest BCUT2D eigenvalue weighted by Crippen LogP contribution is -2.21. The summed E-state index contributed by atoms with van der Waals surface area (Å²) in [4.78, 5) is 22.2. The van der Waals surface area contributed by atoms with Crippen LogP contribution in [-0.2, 0) is 11.2 Å². The summed E-state index contributed by atoms with van der Waals surface area (Å²) < 4.78 is 0. The second-order valence-corrected chi connectivity index (χ2v) is 5.24. The van der Waals surface area contributed by atoms with Gasteiger partial charge in [0.2, 0.25) is 5.91 Å². The third kappa shape index (κ3) is 3.69. The molecule has 0 bridgehead atoms. The number of hydrogen-bond donors (Lipinski definition) is 3. The molecule has 0 spiro atoms. The average Bonchev–Trinajstić information content (AvgIpc) is 2.44. The Morgan fingerprint density at radius 2 is 2.24 bits per heavy atom. The van der Waals surface area contributed by atoms with Gasteiger partial charge in [0, 0.05) is 30.8 Å². The molecule has 2 rings (SSSR count). The summed E-state index contributed by atoms with van der Waals surface area (Å²) >= 11 is 0. The van der Waals surface area contributed by atoms with Gasteiger partial charge >= 0.3 is 0 Å². The number of anilines is 2. The van der Waals surface area contributed by atoms with E-state index in [4.69, 9.17) is 5.11 Å². The molecule has 1 amide bonds. The molecule has 1 aliphatic heterocycles. The van der Waals surface area contributed by atoms with Crippen molar-refractivity contribution in [2.45, 2.75) is 38.6 Å². The molecule has 1 unspecified atom stereocenters. The third-order valence-electron chi connectivity index (χ3n) is 3.51. The molecule has 1 aromatic rings. The monoisotopic (exact) mass is 293 g/mol. The van der Waals surface area contributed by atoms with Gasteiger partial charge in [0.15, 0.2) is 0 Å². The number of carbonyl (C=O) groups is 1. The van der Waals surface area contributed by atoms with E-state index < -0.39 is 4.92 Å². The lowest BCUT2D eigenvalue weighted by molar-refractivity contribution is -0.384. The van der Waals surface area contributed by atoms with Crippen molar-refractivity contribution in [3.63, 3.8) is 0 Å². The van der Waals surface area contributed by atoms with Crippen molar-refractivity contribution in [1.29, 1.82) is 0 Å². The van der Waals surface area contributed by atoms with E-state index in [9.17, 15) is 14.9 Å². The van der Waals surface area contributed by atoms with Crippen LogP contribution in [0, 0.1) is 10.1 Å². The zero-order valence-corrected chi connectivity index (χ0v) is 11.9. The molecule has 0 saturated carbocycles. The largest absolute Gasteiger partial charge is 0.396 e. The number of rotatable bonds is 6. The number of aliphatic hydroxyl groups is 1. The Balaban J connectivity index is 2.27. The number of amides is 1. The molecule has 7 heteroatoms. The third-order valence-corrected chi connectivity index (χ3v) is 3.51. The molecular weight excluding hydrogens is 274 g/mol. The Morgan fingerprint density at radius 3 is 2.90 bits per heavy atom. The Hall–Kier alpha value is -2.15. The van der Waals surface area contributed by atoms with Crippen molar-refractivity contribution in [3.05, 3.63) is 27.8 Å². The van der Waals surface area contributed by atoms with Crippen molar-refractivity contribution in [2.24, 2.45) is 0 Å². The minimum absolute atomic E-state index is 0.00630. The lowest BCUT2D eigenvalue weighted by atomic mass is 10.0. The van der Waals surface area contributed by atoms with Crippen molar-refractivity contribution >= 4 is 23.0 Å². The summed E-state index contributed by atoms with van der Waals surface area (Å²) in [6.45, 7) is 1.99. The Kier molecular flexibility index (Phi) is 4.74. The highest BCUT2D eigenvalue weighted by Crippen LogP contribution is 2.34. The van der Waals surface area contributed by atoms with Gasteiger partial charge < -0.3 is 15.7 Å². The van der Waals surface area contributed by atoms with Crippen LogP contribution in [0.25, 0.3) is 0 Å². The highest BCUT2D eigenvalue weighted by molar-refractivity contribution is 5.95. The number of nitro benzene ring substituents is 1. The van der Waals surface area contributed by atoms with Crippen LogP contribution in [0.15, 0.2) is 12.1 Å². The number of nitro groups is 1. The van der Waals surface area contributed by atoms with Crippen molar-refractivity contribution in [3.8, 4) is 0 Å². The molecule has 1 aromatic carbocycles. The van der Waals surface area contributed by atoms with Gasteiger partial charge in [-0.25, -0.2) is 0 Å². The highest BCUT2D eigenvalue weighted by Gasteiger charge is 2.23. The fraction of sp³-hybridized carbons (Fsp3) is 0.500. The Morgan fingerprint density at radius 1 is 1.48 bits per heavy atom. The first-order chi connectivity index (χ1) is 10.0. The van der Waals surface area contributed by atoms with Crippen LogP contribution in [0.1, 0.15) is 31.7 Å². The summed E-state index contributed by atoms with van der Waals surface area (Å²) in [6.07, 6.45) is 2.20. The maximum Gasteiger partial charge on any atom is 0.292 e. The van der Waals surface area contributed by atoms with Gasteiger partial charge in [-0.2, -0.15) is 0 Å². The fourth-order valence-electron chi connectivity index (χ4n) is 2.42. The molecule has 0 fully saturated rings. The van der Waals surface area contributed by atoms with E-state index in [1.165, 1.54) is 6.07 Å². The van der Waals surface area contributed by atoms with E-state index in [1.54, 1.807) is 6.07 Å². The predicted molar refractivity (Wildman–Crippen MR) is 79.5 cm³/mol. The van der Waals surface area contributed by atoms with Crippen LogP contribution in [-0.4, -0.2) is 28.6 Å². The number of carbonyl (C=O) groups excluding carboxylic acids is 1. The minimum Gasteiger partial charge on any atom is -0.396 e. The van der Waals surface area contributed by atoms with Crippen molar-refractivity contribution < 1.29 is 14.8 Å². The maximum atomic E-state index is 11.4. The fourth-order valence-corrected chi connectivity index (χ4v) is 2.42. The van der Waals surface area contributed by atoms with Crippen molar-refractivity contribution in [2.75, 3.05) is 17.2 Å². The number of nitrogens with zero attached hydrogens (tertiary/aromatic N) is 1. The highest BCUT2D eigenvalue weighted by atomic mass is 16.6. The summed E-state index contributed by atoms with van der Waals surface area (Å²) in [5, 5.41) is 25.9. The smallest absolute Gasteiger partial charge is 0.292 e. The molecule has 21 heavy (non-hydrogen) atoms. The summed E-state index contributed by atoms with van der Waals surface area (Å²) in [5.41, 5.74) is 1.83. The number of nitrogens with one attached hydrogen (secondary N) is 2. The number of aliphatic hydroxyl groups excluding tert-OH is 1. The molecule has 114 valence electrons. The molecule has 1 aliphatic rings. The van der Waals surface area contributed by atoms with E-state index in [-0.39, 0.29) is 24.2 Å². The summed E-state index contributed by atoms with van der Waals surface area (Å²) in [6, 6.07) is 3.14. The topological polar surface area (TPSA) is 104 Å². The molecule has 1 heterocycles. The Bertz CT molecular complexity index is 559. The first-order valence-electron chi connectivity index (χ1n) is 7.00. The van der Waals surface area contributed by atoms with Gasteiger partial charge in [-0.05, 0) is 37.8 Å². The van der Waals surface area contributed by atoms with Crippen LogP contribution >= 0.6 is 0 Å². The SMILES string of the molecule is CC(CCCO)Nc1cc2c(cc1[N+](=O)[O-])CCC(=O)N2. The van der Waals surface area contributed by atoms with Gasteiger partial charge in [-0.1, -0.05) is 0 Å². The van der Waals surface area contributed by atoms with Crippen LogP contribution in [0.3, 0.4) is 0 Å². The van der Waals surface area contributed by atoms with Crippen LogP contribution in [0.4, 0.5) is 17.1 Å².